The third-order valence-corrected chi connectivity index (χ3v) is 7.27. The molecular formula is C33H39F3N2O3. The van der Waals surface area contributed by atoms with Crippen LogP contribution in [0.1, 0.15) is 68.8 Å². The zero-order valence-electron chi connectivity index (χ0n) is 23.9. The number of aliphatic imine (C=N–C) groups is 1. The first-order valence-corrected chi connectivity index (χ1v) is 14.0. The van der Waals surface area contributed by atoms with Crippen molar-refractivity contribution in [1.29, 1.82) is 0 Å². The number of rotatable bonds is 8. The van der Waals surface area contributed by atoms with Crippen LogP contribution >= 0.6 is 0 Å². The van der Waals surface area contributed by atoms with Crippen LogP contribution in [0.15, 0.2) is 71.7 Å². The molecule has 0 bridgehead atoms. The summed E-state index contributed by atoms with van der Waals surface area (Å²) in [6, 6.07) is 19.3. The fourth-order valence-electron chi connectivity index (χ4n) is 4.96. The number of carbonyl (C=O) groups is 1. The molecular weight excluding hydrogens is 529 g/mol. The quantitative estimate of drug-likeness (QED) is 0.211. The number of benzene rings is 3. The van der Waals surface area contributed by atoms with Crippen molar-refractivity contribution in [2.24, 2.45) is 10.9 Å². The lowest BCUT2D eigenvalue weighted by Gasteiger charge is -2.32. The highest BCUT2D eigenvalue weighted by atomic mass is 19.4. The number of carbonyl (C=O) groups excluding carboxylic acids is 1. The zero-order valence-corrected chi connectivity index (χ0v) is 23.9. The fraction of sp³-hybridized carbons (Fsp3) is 0.394. The van der Waals surface area contributed by atoms with Gasteiger partial charge in [-0.1, -0.05) is 43.7 Å². The highest BCUT2D eigenvalue weighted by Gasteiger charge is 2.27. The second kappa shape index (κ2) is 14.8. The molecule has 1 unspecified atom stereocenters. The summed E-state index contributed by atoms with van der Waals surface area (Å²) in [5, 5.41) is 19.4. The van der Waals surface area contributed by atoms with Crippen LogP contribution in [0.4, 0.5) is 18.9 Å². The third kappa shape index (κ3) is 10.0. The van der Waals surface area contributed by atoms with E-state index >= 15 is 0 Å². The van der Waals surface area contributed by atoms with Crippen LogP contribution in [-0.4, -0.2) is 52.4 Å². The Balaban J connectivity index is 0.000000263. The molecule has 0 radical (unpaired) electrons. The SMILES string of the molecule is CC(=O)c1cc(-c2ccc(O)cc2)ccc1N=C(C)c1ccccc1O.CCC1CCCN(CCCC(F)(F)F)C1. The fourth-order valence-corrected chi connectivity index (χ4v) is 4.96. The summed E-state index contributed by atoms with van der Waals surface area (Å²) in [6.07, 6.45) is -0.841. The van der Waals surface area contributed by atoms with E-state index in [9.17, 15) is 28.2 Å². The van der Waals surface area contributed by atoms with E-state index in [1.165, 1.54) is 13.3 Å². The van der Waals surface area contributed by atoms with Crippen molar-refractivity contribution in [2.45, 2.75) is 59.1 Å². The average Bonchev–Trinajstić information content (AvgIpc) is 2.93. The number of phenols is 2. The molecule has 0 aliphatic carbocycles. The highest BCUT2D eigenvalue weighted by Crippen LogP contribution is 2.30. The Labute approximate surface area is 240 Å². The van der Waals surface area contributed by atoms with Gasteiger partial charge in [0.25, 0.3) is 0 Å². The number of aromatic hydroxyl groups is 2. The molecule has 1 saturated heterocycles. The first-order valence-electron chi connectivity index (χ1n) is 14.0. The van der Waals surface area contributed by atoms with Crippen LogP contribution in [0.2, 0.25) is 0 Å². The number of Topliss-reactive ketones (excluding diaryl/α,β-unsaturated/α-hetero) is 1. The standard InChI is InChI=1S/C22H19NO3.C11H20F3N/c1-14(19-5-3-4-6-22(19)26)23-21-12-9-17(13-20(21)15(2)24)16-7-10-18(25)11-8-16;1-2-10-5-3-7-15(9-10)8-4-6-11(12,13)14/h3-13,25-26H,1-2H3;10H,2-9H2,1H3. The van der Waals surface area contributed by atoms with E-state index in [1.54, 1.807) is 61.5 Å². The number of phenolic OH excluding ortho intramolecular Hbond substituents is 2. The molecule has 1 atom stereocenters. The molecule has 4 rings (SSSR count). The summed E-state index contributed by atoms with van der Waals surface area (Å²) in [6.45, 7) is 8.04. The molecule has 1 fully saturated rings. The molecule has 3 aromatic rings. The van der Waals surface area contributed by atoms with E-state index in [-0.39, 0.29) is 23.7 Å². The van der Waals surface area contributed by atoms with E-state index in [4.69, 9.17) is 0 Å². The maximum absolute atomic E-state index is 12.1. The molecule has 1 aliphatic heterocycles. The van der Waals surface area contributed by atoms with Gasteiger partial charge in [0.05, 0.1) is 5.69 Å². The molecule has 1 aliphatic rings. The Morgan fingerprint density at radius 1 is 0.976 bits per heavy atom. The lowest BCUT2D eigenvalue weighted by atomic mass is 9.95. The molecule has 1 heterocycles. The average molecular weight is 569 g/mol. The number of para-hydroxylation sites is 1. The minimum atomic E-state index is -3.99. The first kappa shape index (κ1) is 31.9. The van der Waals surface area contributed by atoms with E-state index in [1.807, 2.05) is 12.1 Å². The topological polar surface area (TPSA) is 73.1 Å². The van der Waals surface area contributed by atoms with Gasteiger partial charge in [0.2, 0.25) is 0 Å². The molecule has 5 nitrogen and oxygen atoms in total. The van der Waals surface area contributed by atoms with Gasteiger partial charge in [-0.2, -0.15) is 13.2 Å². The van der Waals surface area contributed by atoms with Crippen LogP contribution in [0, 0.1) is 5.92 Å². The lowest BCUT2D eigenvalue weighted by molar-refractivity contribution is -0.136. The van der Waals surface area contributed by atoms with Gasteiger partial charge in [-0.15, -0.1) is 0 Å². The number of piperidine rings is 1. The van der Waals surface area contributed by atoms with E-state index in [2.05, 4.69) is 16.8 Å². The van der Waals surface area contributed by atoms with Gasteiger partial charge in [0.1, 0.15) is 11.5 Å². The predicted molar refractivity (Wildman–Crippen MR) is 158 cm³/mol. The van der Waals surface area contributed by atoms with Gasteiger partial charge >= 0.3 is 6.18 Å². The third-order valence-electron chi connectivity index (χ3n) is 7.27. The first-order chi connectivity index (χ1) is 19.5. The molecule has 220 valence electrons. The smallest absolute Gasteiger partial charge is 0.389 e. The van der Waals surface area contributed by atoms with Gasteiger partial charge in [0.15, 0.2) is 5.78 Å². The number of hydrogen-bond donors (Lipinski definition) is 2. The number of halogens is 3. The highest BCUT2D eigenvalue weighted by molar-refractivity contribution is 6.05. The Hall–Kier alpha value is -3.65. The molecule has 0 aromatic heterocycles. The number of nitrogens with zero attached hydrogens (tertiary/aromatic N) is 2. The number of alkyl halides is 3. The Morgan fingerprint density at radius 3 is 2.29 bits per heavy atom. The Kier molecular flexibility index (Phi) is 11.5. The molecule has 0 spiro atoms. The number of likely N-dealkylation sites (tertiary alicyclic amines) is 1. The van der Waals surface area contributed by atoms with Crippen LogP contribution in [0.5, 0.6) is 11.5 Å². The molecule has 2 N–H and O–H groups in total. The molecule has 8 heteroatoms. The summed E-state index contributed by atoms with van der Waals surface area (Å²) < 4.78 is 35.8. The predicted octanol–water partition coefficient (Wildman–Crippen LogP) is 8.56. The van der Waals surface area contributed by atoms with Crippen molar-refractivity contribution in [3.63, 3.8) is 0 Å². The minimum absolute atomic E-state index is 0.0885. The van der Waals surface area contributed by atoms with Gasteiger partial charge in [-0.3, -0.25) is 9.79 Å². The Morgan fingerprint density at radius 2 is 1.66 bits per heavy atom. The molecule has 41 heavy (non-hydrogen) atoms. The summed E-state index contributed by atoms with van der Waals surface area (Å²) in [4.78, 5) is 18.9. The van der Waals surface area contributed by atoms with Gasteiger partial charge in [-0.05, 0) is 99.6 Å². The maximum Gasteiger partial charge on any atom is 0.389 e. The molecule has 0 saturated carbocycles. The largest absolute Gasteiger partial charge is 0.508 e. The number of ketones is 1. The van der Waals surface area contributed by atoms with Gasteiger partial charge < -0.3 is 15.1 Å². The zero-order chi connectivity index (χ0) is 30.0. The van der Waals surface area contributed by atoms with E-state index in [0.717, 1.165) is 37.1 Å². The van der Waals surface area contributed by atoms with Crippen LogP contribution < -0.4 is 0 Å². The van der Waals surface area contributed by atoms with Gasteiger partial charge in [0, 0.05) is 29.8 Å². The van der Waals surface area contributed by atoms with Crippen molar-refractivity contribution in [1.82, 2.24) is 4.90 Å². The number of hydrogen-bond acceptors (Lipinski definition) is 5. The van der Waals surface area contributed by atoms with E-state index < -0.39 is 12.6 Å². The van der Waals surface area contributed by atoms with Crippen LogP contribution in [-0.2, 0) is 0 Å². The van der Waals surface area contributed by atoms with E-state index in [0.29, 0.717) is 35.0 Å². The summed E-state index contributed by atoms with van der Waals surface area (Å²) in [5.41, 5.74) is 4.09. The monoisotopic (exact) mass is 568 g/mol. The van der Waals surface area contributed by atoms with Crippen molar-refractivity contribution < 1.29 is 28.2 Å². The summed E-state index contributed by atoms with van der Waals surface area (Å²) in [7, 11) is 0. The van der Waals surface area contributed by atoms with Crippen molar-refractivity contribution in [3.8, 4) is 22.6 Å². The second-order valence-corrected chi connectivity index (χ2v) is 10.5. The summed E-state index contributed by atoms with van der Waals surface area (Å²) >= 11 is 0. The minimum Gasteiger partial charge on any atom is -0.508 e. The second-order valence-electron chi connectivity index (χ2n) is 10.5. The molecule has 3 aromatic carbocycles. The lowest BCUT2D eigenvalue weighted by Crippen LogP contribution is -2.36. The maximum atomic E-state index is 12.1. The normalized spacial score (nSPS) is 16.1. The van der Waals surface area contributed by atoms with Crippen LogP contribution in [0.25, 0.3) is 11.1 Å². The van der Waals surface area contributed by atoms with Crippen molar-refractivity contribution in [3.05, 3.63) is 77.9 Å². The molecule has 0 amide bonds. The van der Waals surface area contributed by atoms with Crippen molar-refractivity contribution in [2.75, 3.05) is 19.6 Å². The summed E-state index contributed by atoms with van der Waals surface area (Å²) in [5.74, 6) is 0.956. The Bertz CT molecular complexity index is 1320. The van der Waals surface area contributed by atoms with Crippen molar-refractivity contribution >= 4 is 17.2 Å². The van der Waals surface area contributed by atoms with Crippen LogP contribution in [0.3, 0.4) is 0 Å². The van der Waals surface area contributed by atoms with Gasteiger partial charge in [-0.25, -0.2) is 0 Å².